The lowest BCUT2D eigenvalue weighted by atomic mass is 10.1. The fraction of sp³-hybridized carbons (Fsp3) is 0.606. The van der Waals surface area contributed by atoms with Gasteiger partial charge in [0.1, 0.15) is 35.2 Å². The van der Waals surface area contributed by atoms with Gasteiger partial charge in [-0.1, -0.05) is 31.1 Å². The second kappa shape index (κ2) is 15.4. The van der Waals surface area contributed by atoms with Gasteiger partial charge in [0, 0.05) is 18.5 Å². The van der Waals surface area contributed by atoms with E-state index in [1.165, 1.54) is 15.9 Å². The largest absolute Gasteiger partial charge is 0.444 e. The zero-order valence-corrected chi connectivity index (χ0v) is 27.7. The summed E-state index contributed by atoms with van der Waals surface area (Å²) in [4.78, 5) is 68.3. The Morgan fingerprint density at radius 1 is 1.00 bits per heavy atom. The molecule has 1 aromatic carbocycles. The van der Waals surface area contributed by atoms with Gasteiger partial charge in [0.15, 0.2) is 0 Å². The number of hydrogen-bond donors (Lipinski definition) is 2. The van der Waals surface area contributed by atoms with Crippen molar-refractivity contribution in [3.8, 4) is 0 Å². The number of rotatable bonds is 10. The molecule has 2 heterocycles. The Morgan fingerprint density at radius 3 is 2.30 bits per heavy atom. The Balaban J connectivity index is 1.79. The number of hydrogen-bond acceptors (Lipinski definition) is 8. The molecule has 3 rings (SSSR count). The number of alkyl carbamates (subject to hydrolysis) is 2. The lowest BCUT2D eigenvalue weighted by Gasteiger charge is -2.29. The van der Waals surface area contributed by atoms with Crippen molar-refractivity contribution in [3.05, 3.63) is 47.8 Å². The van der Waals surface area contributed by atoms with Gasteiger partial charge in [-0.25, -0.2) is 18.8 Å². The quantitative estimate of drug-likeness (QED) is 0.197. The van der Waals surface area contributed by atoms with E-state index in [-0.39, 0.29) is 32.5 Å². The van der Waals surface area contributed by atoms with Crippen LogP contribution in [-0.2, 0) is 36.9 Å². The number of amides is 5. The molecule has 0 bridgehead atoms. The van der Waals surface area contributed by atoms with Crippen molar-refractivity contribution < 1.29 is 42.6 Å². The molecule has 0 spiro atoms. The maximum absolute atomic E-state index is 14.3. The van der Waals surface area contributed by atoms with Crippen molar-refractivity contribution in [3.63, 3.8) is 0 Å². The molecule has 0 radical (unpaired) electrons. The monoisotopic (exact) mass is 646 g/mol. The summed E-state index contributed by atoms with van der Waals surface area (Å²) in [6.45, 7) is 13.7. The molecule has 0 aromatic heterocycles. The van der Waals surface area contributed by atoms with E-state index in [0.717, 1.165) is 19.3 Å². The van der Waals surface area contributed by atoms with E-state index in [2.05, 4.69) is 17.2 Å². The number of nitrogens with zero attached hydrogens (tertiary/aromatic N) is 2. The Hall–Kier alpha value is -4.16. The number of halogens is 1. The van der Waals surface area contributed by atoms with Gasteiger partial charge in [-0.2, -0.15) is 0 Å². The van der Waals surface area contributed by atoms with Crippen molar-refractivity contribution >= 4 is 30.1 Å². The molecule has 2 aliphatic heterocycles. The van der Waals surface area contributed by atoms with Crippen LogP contribution in [0, 0.1) is 5.82 Å². The minimum Gasteiger partial charge on any atom is -0.444 e. The third kappa shape index (κ3) is 10.7. The van der Waals surface area contributed by atoms with Crippen molar-refractivity contribution in [1.82, 2.24) is 20.4 Å². The van der Waals surface area contributed by atoms with Crippen LogP contribution in [0.1, 0.15) is 91.2 Å². The van der Waals surface area contributed by atoms with E-state index in [9.17, 15) is 28.4 Å². The van der Waals surface area contributed by atoms with E-state index in [1.807, 2.05) is 0 Å². The molecule has 1 saturated heterocycles. The second-order valence-corrected chi connectivity index (χ2v) is 13.6. The van der Waals surface area contributed by atoms with Crippen LogP contribution >= 0.6 is 0 Å². The van der Waals surface area contributed by atoms with Crippen LogP contribution in [0.2, 0.25) is 0 Å². The average molecular weight is 647 g/mol. The third-order valence-electron chi connectivity index (χ3n) is 7.31. The Morgan fingerprint density at radius 2 is 1.67 bits per heavy atom. The minimum atomic E-state index is -1.21. The van der Waals surface area contributed by atoms with Crippen molar-refractivity contribution in [2.75, 3.05) is 6.54 Å². The van der Waals surface area contributed by atoms with E-state index < -0.39 is 65.3 Å². The second-order valence-electron chi connectivity index (χ2n) is 13.6. The van der Waals surface area contributed by atoms with E-state index >= 15 is 0 Å². The van der Waals surface area contributed by atoms with Crippen molar-refractivity contribution in [1.29, 1.82) is 0 Å². The van der Waals surface area contributed by atoms with E-state index in [1.54, 1.807) is 59.8 Å². The summed E-state index contributed by atoms with van der Waals surface area (Å²) in [6, 6.07) is 2.35. The van der Waals surface area contributed by atoms with Gasteiger partial charge < -0.3 is 24.4 Å². The fourth-order valence-corrected chi connectivity index (χ4v) is 5.31. The van der Waals surface area contributed by atoms with Crippen LogP contribution in [0.15, 0.2) is 30.9 Å². The normalized spacial score (nSPS) is 18.3. The SMILES string of the molecule is C=CCCCCC[C@H](NC(=O)OC(C)(C)C)C(=O)N1C[C@H](OC(=O)N2Cc3cccc(F)c3C2)C[C@H]1C(=O)NC(=O)OC(C)(C)C. The molecule has 46 heavy (non-hydrogen) atoms. The molecule has 1 aromatic rings. The molecule has 0 unspecified atom stereocenters. The minimum absolute atomic E-state index is 0.0203. The highest BCUT2D eigenvalue weighted by atomic mass is 19.1. The molecule has 12 nitrogen and oxygen atoms in total. The highest BCUT2D eigenvalue weighted by Gasteiger charge is 2.45. The Kier molecular flexibility index (Phi) is 12.2. The average Bonchev–Trinajstić information content (AvgIpc) is 3.55. The van der Waals surface area contributed by atoms with Crippen LogP contribution in [0.25, 0.3) is 0 Å². The number of benzene rings is 1. The molecule has 2 aliphatic rings. The van der Waals surface area contributed by atoms with Gasteiger partial charge in [0.2, 0.25) is 5.91 Å². The molecule has 5 amide bonds. The summed E-state index contributed by atoms with van der Waals surface area (Å²) in [5.74, 6) is -1.83. The van der Waals surface area contributed by atoms with Crippen LogP contribution < -0.4 is 10.6 Å². The predicted octanol–water partition coefficient (Wildman–Crippen LogP) is 5.33. The Bertz CT molecular complexity index is 1310. The van der Waals surface area contributed by atoms with E-state index in [0.29, 0.717) is 17.5 Å². The molecule has 254 valence electrons. The summed E-state index contributed by atoms with van der Waals surface area (Å²) in [6.07, 6.45) is 1.53. The van der Waals surface area contributed by atoms with Crippen molar-refractivity contribution in [2.45, 2.75) is 123 Å². The topological polar surface area (TPSA) is 144 Å². The van der Waals surface area contributed by atoms with Crippen LogP contribution in [0.3, 0.4) is 0 Å². The highest BCUT2D eigenvalue weighted by Crippen LogP contribution is 2.28. The first-order chi connectivity index (χ1) is 21.5. The standard InChI is InChI=1S/C33H47FN4O8/c1-8-9-10-11-12-16-25(35-29(41)45-32(2,3)4)28(40)38-19-22(17-26(38)27(39)36-30(42)46-33(5,6)7)44-31(43)37-18-21-14-13-15-24(34)23(21)20-37/h8,13-15,22,25-26H,1,9-12,16-20H2,2-7H3,(H,35,41)(H,36,39,42)/t22-,25+,26+/m1/s1. The Labute approximate surface area is 270 Å². The zero-order valence-electron chi connectivity index (χ0n) is 27.7. The molecule has 3 atom stereocenters. The molecule has 2 N–H and O–H groups in total. The number of fused-ring (bicyclic) bond motifs is 1. The predicted molar refractivity (Wildman–Crippen MR) is 167 cm³/mol. The number of carbonyl (C=O) groups excluding carboxylic acids is 5. The number of imide groups is 1. The third-order valence-corrected chi connectivity index (χ3v) is 7.31. The highest BCUT2D eigenvalue weighted by molar-refractivity contribution is 5.98. The summed E-state index contributed by atoms with van der Waals surface area (Å²) in [5, 5.41) is 4.82. The lowest BCUT2D eigenvalue weighted by molar-refractivity contribution is -0.140. The summed E-state index contributed by atoms with van der Waals surface area (Å²) >= 11 is 0. The summed E-state index contributed by atoms with van der Waals surface area (Å²) < 4.78 is 30.6. The number of carbonyl (C=O) groups is 5. The van der Waals surface area contributed by atoms with E-state index in [4.69, 9.17) is 14.2 Å². The molecule has 0 aliphatic carbocycles. The fourth-order valence-electron chi connectivity index (χ4n) is 5.31. The van der Waals surface area contributed by atoms with Gasteiger partial charge in [-0.15, -0.1) is 6.58 Å². The summed E-state index contributed by atoms with van der Waals surface area (Å²) in [7, 11) is 0. The van der Waals surface area contributed by atoms with Gasteiger partial charge >= 0.3 is 18.3 Å². The van der Waals surface area contributed by atoms with Crippen LogP contribution in [0.4, 0.5) is 18.8 Å². The first-order valence-electron chi connectivity index (χ1n) is 15.6. The van der Waals surface area contributed by atoms with Gasteiger partial charge in [-0.05, 0) is 72.4 Å². The molecule has 0 saturated carbocycles. The van der Waals surface area contributed by atoms with Gasteiger partial charge in [0.05, 0.1) is 13.1 Å². The van der Waals surface area contributed by atoms with Crippen molar-refractivity contribution in [2.24, 2.45) is 0 Å². The van der Waals surface area contributed by atoms with Crippen LogP contribution in [0.5, 0.6) is 0 Å². The number of likely N-dealkylation sites (tertiary alicyclic amines) is 1. The lowest BCUT2D eigenvalue weighted by Crippen LogP contribution is -2.54. The summed E-state index contributed by atoms with van der Waals surface area (Å²) in [5.41, 5.74) is -0.628. The van der Waals surface area contributed by atoms with Gasteiger partial charge in [-0.3, -0.25) is 19.8 Å². The number of allylic oxidation sites excluding steroid dienone is 1. The van der Waals surface area contributed by atoms with Gasteiger partial charge in [0.25, 0.3) is 5.91 Å². The molecular formula is C33H47FN4O8. The maximum Gasteiger partial charge on any atom is 0.414 e. The zero-order chi connectivity index (χ0) is 34.2. The number of ether oxygens (including phenoxy) is 3. The first kappa shape index (κ1) is 36.3. The first-order valence-corrected chi connectivity index (χ1v) is 15.6. The number of unbranched alkanes of at least 4 members (excludes halogenated alkanes) is 3. The van der Waals surface area contributed by atoms with Crippen LogP contribution in [-0.4, -0.2) is 75.8 Å². The maximum atomic E-state index is 14.3. The molecule has 1 fully saturated rings. The smallest absolute Gasteiger partial charge is 0.414 e. The molecule has 13 heteroatoms. The number of nitrogens with one attached hydrogen (secondary N) is 2. The molecular weight excluding hydrogens is 599 g/mol.